The molecular formula is C11H17N3O3. The Balaban J connectivity index is 2.83. The number of carbonyl (C=O) groups excluding carboxylic acids is 1. The van der Waals surface area contributed by atoms with Gasteiger partial charge in [-0.15, -0.1) is 0 Å². The van der Waals surface area contributed by atoms with Crippen molar-refractivity contribution in [1.82, 2.24) is 15.1 Å². The highest BCUT2D eigenvalue weighted by Crippen LogP contribution is 2.13. The fourth-order valence-corrected chi connectivity index (χ4v) is 1.45. The van der Waals surface area contributed by atoms with Gasteiger partial charge in [0.25, 0.3) is 5.91 Å². The van der Waals surface area contributed by atoms with E-state index in [1.807, 2.05) is 13.8 Å². The van der Waals surface area contributed by atoms with Gasteiger partial charge in [-0.2, -0.15) is 5.10 Å². The Bertz CT molecular complexity index is 439. The normalized spacial score (nSPS) is 12.2. The molecule has 0 aliphatic heterocycles. The second-order valence-corrected chi connectivity index (χ2v) is 4.19. The molecule has 0 spiro atoms. The van der Waals surface area contributed by atoms with E-state index in [1.165, 1.54) is 4.90 Å². The lowest BCUT2D eigenvalue weighted by Gasteiger charge is -2.22. The van der Waals surface area contributed by atoms with Crippen molar-refractivity contribution < 1.29 is 14.7 Å². The number of hydrogen-bond donors (Lipinski definition) is 2. The molecule has 0 fully saturated rings. The fourth-order valence-electron chi connectivity index (χ4n) is 1.45. The standard InChI is InChI=1S/C11H17N3O3/c1-6(5-9(15)16)14(4)11(17)10-7(2)8(3)12-13-10/h6H,5H2,1-4H3,(H,12,13)(H,15,16). The second-order valence-electron chi connectivity index (χ2n) is 4.19. The quantitative estimate of drug-likeness (QED) is 0.819. The molecule has 0 aliphatic rings. The summed E-state index contributed by atoms with van der Waals surface area (Å²) >= 11 is 0. The number of nitrogens with zero attached hydrogens (tertiary/aromatic N) is 2. The third-order valence-electron chi connectivity index (χ3n) is 2.91. The van der Waals surface area contributed by atoms with Crippen molar-refractivity contribution in [2.75, 3.05) is 7.05 Å². The molecule has 1 aromatic rings. The maximum atomic E-state index is 12.1. The van der Waals surface area contributed by atoms with Crippen molar-refractivity contribution >= 4 is 11.9 Å². The average molecular weight is 239 g/mol. The molecule has 94 valence electrons. The maximum absolute atomic E-state index is 12.1. The van der Waals surface area contributed by atoms with E-state index < -0.39 is 5.97 Å². The van der Waals surface area contributed by atoms with E-state index in [4.69, 9.17) is 5.11 Å². The summed E-state index contributed by atoms with van der Waals surface area (Å²) in [7, 11) is 1.58. The van der Waals surface area contributed by atoms with Crippen LogP contribution in [0.2, 0.25) is 0 Å². The van der Waals surface area contributed by atoms with E-state index in [9.17, 15) is 9.59 Å². The van der Waals surface area contributed by atoms with Crippen LogP contribution in [0, 0.1) is 13.8 Å². The van der Waals surface area contributed by atoms with Crippen LogP contribution >= 0.6 is 0 Å². The van der Waals surface area contributed by atoms with Crippen molar-refractivity contribution in [3.8, 4) is 0 Å². The molecule has 0 bridgehead atoms. The molecule has 0 aliphatic carbocycles. The number of aromatic amines is 1. The summed E-state index contributed by atoms with van der Waals surface area (Å²) in [6.45, 7) is 5.34. The lowest BCUT2D eigenvalue weighted by atomic mass is 10.1. The van der Waals surface area contributed by atoms with Gasteiger partial charge in [0.15, 0.2) is 5.69 Å². The van der Waals surface area contributed by atoms with E-state index in [0.717, 1.165) is 11.3 Å². The van der Waals surface area contributed by atoms with E-state index in [2.05, 4.69) is 10.2 Å². The number of aliphatic carboxylic acids is 1. The zero-order chi connectivity index (χ0) is 13.2. The average Bonchev–Trinajstić information content (AvgIpc) is 2.57. The van der Waals surface area contributed by atoms with Gasteiger partial charge in [0.05, 0.1) is 6.42 Å². The number of carbonyl (C=O) groups is 2. The summed E-state index contributed by atoms with van der Waals surface area (Å²) in [4.78, 5) is 24.0. The molecule has 1 aromatic heterocycles. The minimum absolute atomic E-state index is 0.0787. The Morgan fingerprint density at radius 1 is 1.47 bits per heavy atom. The van der Waals surface area contributed by atoms with Crippen LogP contribution in [0.25, 0.3) is 0 Å². The first-order valence-electron chi connectivity index (χ1n) is 5.35. The summed E-state index contributed by atoms with van der Waals surface area (Å²) in [5.74, 6) is -1.19. The van der Waals surface area contributed by atoms with Crippen molar-refractivity contribution in [2.24, 2.45) is 0 Å². The number of carboxylic acids is 1. The lowest BCUT2D eigenvalue weighted by Crippen LogP contribution is -2.37. The minimum Gasteiger partial charge on any atom is -0.481 e. The van der Waals surface area contributed by atoms with Gasteiger partial charge in [-0.1, -0.05) is 0 Å². The summed E-state index contributed by atoms with van der Waals surface area (Å²) in [6.07, 6.45) is -0.0787. The monoisotopic (exact) mass is 239 g/mol. The third kappa shape index (κ3) is 2.83. The Morgan fingerprint density at radius 2 is 2.06 bits per heavy atom. The third-order valence-corrected chi connectivity index (χ3v) is 2.91. The fraction of sp³-hybridized carbons (Fsp3) is 0.545. The largest absolute Gasteiger partial charge is 0.481 e. The summed E-state index contributed by atoms with van der Waals surface area (Å²) in [6, 6.07) is -0.364. The van der Waals surface area contributed by atoms with Gasteiger partial charge in [-0.25, -0.2) is 0 Å². The molecule has 1 atom stereocenters. The number of amides is 1. The van der Waals surface area contributed by atoms with E-state index in [1.54, 1.807) is 14.0 Å². The molecule has 1 unspecified atom stereocenters. The van der Waals surface area contributed by atoms with Gasteiger partial charge in [-0.3, -0.25) is 14.7 Å². The number of hydrogen-bond acceptors (Lipinski definition) is 3. The number of H-pyrrole nitrogens is 1. The van der Waals surface area contributed by atoms with Gasteiger partial charge in [-0.05, 0) is 20.8 Å². The molecule has 1 heterocycles. The molecule has 0 aromatic carbocycles. The SMILES string of the molecule is Cc1[nH]nc(C(=O)N(C)C(C)CC(=O)O)c1C. The van der Waals surface area contributed by atoms with Crippen LogP contribution < -0.4 is 0 Å². The van der Waals surface area contributed by atoms with Crippen molar-refractivity contribution in [3.05, 3.63) is 17.0 Å². The Kier molecular flexibility index (Phi) is 3.88. The predicted octanol–water partition coefficient (Wildman–Crippen LogP) is 0.962. The van der Waals surface area contributed by atoms with Crippen LogP contribution in [0.5, 0.6) is 0 Å². The van der Waals surface area contributed by atoms with Crippen molar-refractivity contribution in [3.63, 3.8) is 0 Å². The van der Waals surface area contributed by atoms with Gasteiger partial charge < -0.3 is 10.0 Å². The number of carboxylic acid groups (broad SMARTS) is 1. The van der Waals surface area contributed by atoms with Crippen LogP contribution in [-0.4, -0.2) is 45.2 Å². The highest BCUT2D eigenvalue weighted by atomic mass is 16.4. The summed E-state index contributed by atoms with van der Waals surface area (Å²) in [5, 5.41) is 15.4. The first kappa shape index (κ1) is 13.2. The highest BCUT2D eigenvalue weighted by Gasteiger charge is 2.23. The first-order chi connectivity index (χ1) is 7.84. The number of rotatable bonds is 4. The smallest absolute Gasteiger partial charge is 0.305 e. The van der Waals surface area contributed by atoms with Crippen molar-refractivity contribution in [1.29, 1.82) is 0 Å². The van der Waals surface area contributed by atoms with E-state index >= 15 is 0 Å². The first-order valence-corrected chi connectivity index (χ1v) is 5.35. The molecule has 6 nitrogen and oxygen atoms in total. The highest BCUT2D eigenvalue weighted by molar-refractivity contribution is 5.94. The van der Waals surface area contributed by atoms with Crippen LogP contribution in [0.4, 0.5) is 0 Å². The summed E-state index contributed by atoms with van der Waals surface area (Å²) < 4.78 is 0. The lowest BCUT2D eigenvalue weighted by molar-refractivity contribution is -0.137. The van der Waals surface area contributed by atoms with Crippen LogP contribution in [0.3, 0.4) is 0 Å². The molecule has 1 rings (SSSR count). The predicted molar refractivity (Wildman–Crippen MR) is 61.9 cm³/mol. The number of aromatic nitrogens is 2. The molecule has 17 heavy (non-hydrogen) atoms. The van der Waals surface area contributed by atoms with Crippen LogP contribution in [-0.2, 0) is 4.79 Å². The Morgan fingerprint density at radius 3 is 2.47 bits per heavy atom. The Hall–Kier alpha value is -1.85. The maximum Gasteiger partial charge on any atom is 0.305 e. The molecule has 6 heteroatoms. The van der Waals surface area contributed by atoms with Gasteiger partial charge in [0, 0.05) is 24.3 Å². The van der Waals surface area contributed by atoms with Gasteiger partial charge >= 0.3 is 5.97 Å². The molecule has 0 radical (unpaired) electrons. The zero-order valence-corrected chi connectivity index (χ0v) is 10.4. The molecular weight excluding hydrogens is 222 g/mol. The molecule has 1 amide bonds. The van der Waals surface area contributed by atoms with Crippen LogP contribution in [0.1, 0.15) is 35.1 Å². The van der Waals surface area contributed by atoms with Crippen molar-refractivity contribution in [2.45, 2.75) is 33.2 Å². The van der Waals surface area contributed by atoms with Gasteiger partial charge in [0.1, 0.15) is 0 Å². The Labute approximate surface area is 99.6 Å². The molecule has 0 saturated heterocycles. The topological polar surface area (TPSA) is 86.3 Å². The van der Waals surface area contributed by atoms with E-state index in [0.29, 0.717) is 5.69 Å². The van der Waals surface area contributed by atoms with E-state index in [-0.39, 0.29) is 18.4 Å². The van der Waals surface area contributed by atoms with Crippen LogP contribution in [0.15, 0.2) is 0 Å². The summed E-state index contributed by atoms with van der Waals surface area (Å²) in [5.41, 5.74) is 1.99. The number of nitrogens with one attached hydrogen (secondary N) is 1. The molecule has 0 saturated carbocycles. The number of aryl methyl sites for hydroxylation is 1. The minimum atomic E-state index is -0.924. The zero-order valence-electron chi connectivity index (χ0n) is 10.4. The van der Waals surface area contributed by atoms with Gasteiger partial charge in [0.2, 0.25) is 0 Å². The second kappa shape index (κ2) is 4.99. The molecule has 2 N–H and O–H groups in total.